The summed E-state index contributed by atoms with van der Waals surface area (Å²) >= 11 is 0. The highest BCUT2D eigenvalue weighted by molar-refractivity contribution is 6.03. The van der Waals surface area contributed by atoms with E-state index in [1.165, 1.54) is 10.9 Å². The van der Waals surface area contributed by atoms with Gasteiger partial charge in [-0.3, -0.25) is 9.59 Å². The van der Waals surface area contributed by atoms with Crippen molar-refractivity contribution < 1.29 is 9.59 Å². The van der Waals surface area contributed by atoms with E-state index in [1.807, 2.05) is 24.4 Å². The first-order valence-corrected chi connectivity index (χ1v) is 8.35. The Hall–Kier alpha value is -3.08. The largest absolute Gasteiger partial charge is 0.361 e. The average molecular weight is 335 g/mol. The zero-order valence-corrected chi connectivity index (χ0v) is 14.1. The molecule has 3 N–H and O–H groups in total. The summed E-state index contributed by atoms with van der Waals surface area (Å²) in [5.74, 6) is -0.300. The quantitative estimate of drug-likeness (QED) is 0.645. The molecule has 0 spiro atoms. The number of anilines is 1. The first-order valence-electron chi connectivity index (χ1n) is 8.35. The molecule has 2 amide bonds. The van der Waals surface area contributed by atoms with Crippen LogP contribution in [0.2, 0.25) is 0 Å². The third kappa shape index (κ3) is 3.88. The van der Waals surface area contributed by atoms with E-state index in [1.54, 1.807) is 31.3 Å². The number of aromatic nitrogens is 1. The van der Waals surface area contributed by atoms with E-state index in [2.05, 4.69) is 21.7 Å². The summed E-state index contributed by atoms with van der Waals surface area (Å²) in [7, 11) is 1.57. The maximum Gasteiger partial charge on any atom is 0.253 e. The molecule has 0 bridgehead atoms. The molecular weight excluding hydrogens is 314 g/mol. The summed E-state index contributed by atoms with van der Waals surface area (Å²) in [5.41, 5.74) is 3.34. The Bertz CT molecular complexity index is 899. The van der Waals surface area contributed by atoms with Crippen molar-refractivity contribution in [3.05, 3.63) is 65.9 Å². The Balaban J connectivity index is 1.58. The van der Waals surface area contributed by atoms with Gasteiger partial charge in [0.25, 0.3) is 5.91 Å². The molecule has 3 aromatic rings. The van der Waals surface area contributed by atoms with E-state index in [-0.39, 0.29) is 11.8 Å². The Morgan fingerprint density at radius 2 is 1.80 bits per heavy atom. The summed E-state index contributed by atoms with van der Waals surface area (Å²) in [4.78, 5) is 27.3. The smallest absolute Gasteiger partial charge is 0.253 e. The van der Waals surface area contributed by atoms with Gasteiger partial charge in [-0.05, 0) is 36.6 Å². The first-order chi connectivity index (χ1) is 12.2. The van der Waals surface area contributed by atoms with Crippen molar-refractivity contribution in [1.82, 2.24) is 10.3 Å². The number of H-pyrrole nitrogens is 1. The number of rotatable bonds is 6. The lowest BCUT2D eigenvalue weighted by molar-refractivity contribution is -0.116. The fourth-order valence-corrected chi connectivity index (χ4v) is 2.92. The van der Waals surface area contributed by atoms with Gasteiger partial charge in [0, 0.05) is 30.6 Å². The third-order valence-electron chi connectivity index (χ3n) is 4.20. The fourth-order valence-electron chi connectivity index (χ4n) is 2.92. The predicted octanol–water partition coefficient (Wildman–Crippen LogP) is 3.49. The Morgan fingerprint density at radius 3 is 2.64 bits per heavy atom. The van der Waals surface area contributed by atoms with Crippen molar-refractivity contribution in [3.63, 3.8) is 0 Å². The van der Waals surface area contributed by atoms with Crippen molar-refractivity contribution in [3.8, 4) is 0 Å². The zero-order valence-electron chi connectivity index (χ0n) is 14.1. The Morgan fingerprint density at radius 1 is 1.04 bits per heavy atom. The molecule has 0 radical (unpaired) electrons. The molecule has 128 valence electrons. The molecule has 0 fully saturated rings. The number of nitrogens with one attached hydrogen (secondary N) is 3. The van der Waals surface area contributed by atoms with Gasteiger partial charge in [0.2, 0.25) is 5.91 Å². The van der Waals surface area contributed by atoms with Crippen LogP contribution < -0.4 is 10.6 Å². The molecule has 5 heteroatoms. The molecule has 2 aromatic carbocycles. The van der Waals surface area contributed by atoms with Gasteiger partial charge in [-0.1, -0.05) is 30.3 Å². The van der Waals surface area contributed by atoms with Gasteiger partial charge in [0.15, 0.2) is 0 Å². The third-order valence-corrected chi connectivity index (χ3v) is 4.20. The zero-order chi connectivity index (χ0) is 17.6. The second-order valence-corrected chi connectivity index (χ2v) is 5.89. The highest BCUT2D eigenvalue weighted by Gasteiger charge is 2.12. The molecular formula is C20H21N3O2. The number of fused-ring (bicyclic) bond motifs is 1. The minimum absolute atomic E-state index is 0.0869. The SMILES string of the molecule is CNC(=O)c1ccccc1NC(=O)CCCc1c[nH]c2ccccc12. The minimum atomic E-state index is -0.213. The van der Waals surface area contributed by atoms with Crippen molar-refractivity contribution >= 4 is 28.4 Å². The van der Waals surface area contributed by atoms with E-state index >= 15 is 0 Å². The van der Waals surface area contributed by atoms with E-state index in [0.29, 0.717) is 17.7 Å². The molecule has 1 heterocycles. The fraction of sp³-hybridized carbons (Fsp3) is 0.200. The number of para-hydroxylation sites is 2. The van der Waals surface area contributed by atoms with Gasteiger partial charge < -0.3 is 15.6 Å². The monoisotopic (exact) mass is 335 g/mol. The number of amides is 2. The first kappa shape index (κ1) is 16.8. The molecule has 0 atom stereocenters. The summed E-state index contributed by atoms with van der Waals surface area (Å²) in [6.45, 7) is 0. The normalized spacial score (nSPS) is 10.6. The lowest BCUT2D eigenvalue weighted by atomic mass is 10.1. The number of aryl methyl sites for hydroxylation is 1. The maximum atomic E-state index is 12.2. The number of hydrogen-bond donors (Lipinski definition) is 3. The Kier molecular flexibility index (Phi) is 5.14. The van der Waals surface area contributed by atoms with Crippen LogP contribution in [0.3, 0.4) is 0 Å². The van der Waals surface area contributed by atoms with Gasteiger partial charge in [0.1, 0.15) is 0 Å². The number of carbonyl (C=O) groups excluding carboxylic acids is 2. The van der Waals surface area contributed by atoms with E-state index in [9.17, 15) is 9.59 Å². The molecule has 1 aromatic heterocycles. The summed E-state index contributed by atoms with van der Waals surface area (Å²) in [6.07, 6.45) is 3.98. The summed E-state index contributed by atoms with van der Waals surface area (Å²) in [5, 5.41) is 6.62. The van der Waals surface area contributed by atoms with Crippen LogP contribution >= 0.6 is 0 Å². The summed E-state index contributed by atoms with van der Waals surface area (Å²) < 4.78 is 0. The molecule has 0 saturated heterocycles. The lowest BCUT2D eigenvalue weighted by Gasteiger charge is -2.10. The highest BCUT2D eigenvalue weighted by Crippen LogP contribution is 2.20. The van der Waals surface area contributed by atoms with Crippen LogP contribution in [0.25, 0.3) is 10.9 Å². The van der Waals surface area contributed by atoms with Gasteiger partial charge >= 0.3 is 0 Å². The maximum absolute atomic E-state index is 12.2. The van der Waals surface area contributed by atoms with Crippen molar-refractivity contribution in [2.45, 2.75) is 19.3 Å². The topological polar surface area (TPSA) is 74.0 Å². The molecule has 0 saturated carbocycles. The van der Waals surface area contributed by atoms with Crippen LogP contribution in [-0.2, 0) is 11.2 Å². The number of carbonyl (C=O) groups is 2. The van der Waals surface area contributed by atoms with Crippen LogP contribution in [0.1, 0.15) is 28.8 Å². The highest BCUT2D eigenvalue weighted by atomic mass is 16.2. The molecule has 0 unspecified atom stereocenters. The van der Waals surface area contributed by atoms with Crippen molar-refractivity contribution in [2.24, 2.45) is 0 Å². The van der Waals surface area contributed by atoms with Gasteiger partial charge in [0.05, 0.1) is 11.3 Å². The van der Waals surface area contributed by atoms with Crippen molar-refractivity contribution in [1.29, 1.82) is 0 Å². The molecule has 5 nitrogen and oxygen atoms in total. The number of aromatic amines is 1. The molecule has 25 heavy (non-hydrogen) atoms. The summed E-state index contributed by atoms with van der Waals surface area (Å²) in [6, 6.07) is 15.2. The van der Waals surface area contributed by atoms with Crippen LogP contribution in [0, 0.1) is 0 Å². The van der Waals surface area contributed by atoms with Gasteiger partial charge in [-0.2, -0.15) is 0 Å². The van der Waals surface area contributed by atoms with Crippen molar-refractivity contribution in [2.75, 3.05) is 12.4 Å². The van der Waals surface area contributed by atoms with E-state index in [0.717, 1.165) is 18.4 Å². The second kappa shape index (κ2) is 7.66. The van der Waals surface area contributed by atoms with Gasteiger partial charge in [-0.25, -0.2) is 0 Å². The van der Waals surface area contributed by atoms with Crippen LogP contribution in [0.4, 0.5) is 5.69 Å². The van der Waals surface area contributed by atoms with Crippen LogP contribution in [0.5, 0.6) is 0 Å². The Labute approximate surface area is 146 Å². The van der Waals surface area contributed by atoms with Gasteiger partial charge in [-0.15, -0.1) is 0 Å². The number of hydrogen-bond acceptors (Lipinski definition) is 2. The van der Waals surface area contributed by atoms with E-state index in [4.69, 9.17) is 0 Å². The predicted molar refractivity (Wildman–Crippen MR) is 99.7 cm³/mol. The minimum Gasteiger partial charge on any atom is -0.361 e. The molecule has 0 aliphatic carbocycles. The number of benzene rings is 2. The average Bonchev–Trinajstić information content (AvgIpc) is 3.05. The second-order valence-electron chi connectivity index (χ2n) is 5.89. The van der Waals surface area contributed by atoms with Crippen LogP contribution in [0.15, 0.2) is 54.7 Å². The molecule has 0 aliphatic heterocycles. The van der Waals surface area contributed by atoms with Crippen LogP contribution in [-0.4, -0.2) is 23.8 Å². The van der Waals surface area contributed by atoms with E-state index < -0.39 is 0 Å². The lowest BCUT2D eigenvalue weighted by Crippen LogP contribution is -2.21. The standard InChI is InChI=1S/C20H21N3O2/c1-21-20(25)16-9-3-5-11-18(16)23-19(24)12-6-7-14-13-22-17-10-4-2-8-15(14)17/h2-5,8-11,13,22H,6-7,12H2,1H3,(H,21,25)(H,23,24). The molecule has 0 aliphatic rings. The molecule has 3 rings (SSSR count).